The highest BCUT2D eigenvalue weighted by Gasteiger charge is 2.27. The summed E-state index contributed by atoms with van der Waals surface area (Å²) < 4.78 is 0. The number of benzene rings is 2. The number of carboxylic acid groups (broad SMARTS) is 1. The Morgan fingerprint density at radius 1 is 0.882 bits per heavy atom. The molecule has 2 aromatic carbocycles. The average Bonchev–Trinajstić information content (AvgIpc) is 2.86. The Kier molecular flexibility index (Phi) is 9.81. The fraction of sp³-hybridized carbons (Fsp3) is 0.346. The molecular weight excluding hydrogens is 432 g/mol. The number of rotatable bonds is 11. The summed E-state index contributed by atoms with van der Waals surface area (Å²) >= 11 is 0. The van der Waals surface area contributed by atoms with Crippen LogP contribution in [0.15, 0.2) is 72.8 Å². The summed E-state index contributed by atoms with van der Waals surface area (Å²) in [6, 6.07) is 21.5. The van der Waals surface area contributed by atoms with Gasteiger partial charge in [-0.1, -0.05) is 66.7 Å². The first-order chi connectivity index (χ1) is 16.5. The lowest BCUT2D eigenvalue weighted by Gasteiger charge is -2.38. The molecule has 8 nitrogen and oxygen atoms in total. The molecule has 0 atom stereocenters. The zero-order chi connectivity index (χ0) is 24.2. The fourth-order valence-electron chi connectivity index (χ4n) is 4.12. The van der Waals surface area contributed by atoms with Gasteiger partial charge in [-0.05, 0) is 24.0 Å². The third-order valence-corrected chi connectivity index (χ3v) is 5.80. The Bertz CT molecular complexity index is 918. The first-order valence-electron chi connectivity index (χ1n) is 11.5. The molecule has 0 bridgehead atoms. The second-order valence-corrected chi connectivity index (χ2v) is 8.24. The van der Waals surface area contributed by atoms with E-state index in [0.717, 1.165) is 32.0 Å². The van der Waals surface area contributed by atoms with E-state index in [1.54, 1.807) is 0 Å². The summed E-state index contributed by atoms with van der Waals surface area (Å²) in [7, 11) is 0. The van der Waals surface area contributed by atoms with Crippen molar-refractivity contribution in [2.24, 2.45) is 0 Å². The second kappa shape index (κ2) is 13.3. The summed E-state index contributed by atoms with van der Waals surface area (Å²) in [5, 5.41) is 16.9. The highest BCUT2D eigenvalue weighted by atomic mass is 16.4. The molecule has 2 amide bonds. The van der Waals surface area contributed by atoms with Crippen LogP contribution in [0, 0.1) is 0 Å². The standard InChI is InChI=1S/C26H32N4O4/c31-23(27-15-7-12-25(33)34)19-29-24(32)18-28-22-13-16-30(17-14-22)26(20-8-3-1-4-9-20)21-10-5-2-6-11-21/h1-12,22,26,28H,13-19H2,(H,27,31)(H,29,32)(H,33,34)/b12-7+. The van der Waals surface area contributed by atoms with Gasteiger partial charge in [0.1, 0.15) is 0 Å². The maximum atomic E-state index is 12.1. The molecule has 0 spiro atoms. The van der Waals surface area contributed by atoms with E-state index in [2.05, 4.69) is 69.4 Å². The molecule has 34 heavy (non-hydrogen) atoms. The molecule has 1 fully saturated rings. The quantitative estimate of drug-likeness (QED) is 0.377. The zero-order valence-corrected chi connectivity index (χ0v) is 19.2. The van der Waals surface area contributed by atoms with Gasteiger partial charge < -0.3 is 21.1 Å². The van der Waals surface area contributed by atoms with Crippen molar-refractivity contribution in [1.29, 1.82) is 0 Å². The van der Waals surface area contributed by atoms with E-state index >= 15 is 0 Å². The largest absolute Gasteiger partial charge is 0.478 e. The molecule has 3 rings (SSSR count). The maximum absolute atomic E-state index is 12.1. The van der Waals surface area contributed by atoms with E-state index in [9.17, 15) is 14.4 Å². The molecule has 0 radical (unpaired) electrons. The molecule has 4 N–H and O–H groups in total. The molecule has 1 saturated heterocycles. The van der Waals surface area contributed by atoms with Crippen molar-refractivity contribution in [1.82, 2.24) is 20.9 Å². The number of amides is 2. The number of likely N-dealkylation sites (tertiary alicyclic amines) is 1. The van der Waals surface area contributed by atoms with E-state index in [1.807, 2.05) is 12.1 Å². The third kappa shape index (κ3) is 8.13. The van der Waals surface area contributed by atoms with Crippen LogP contribution >= 0.6 is 0 Å². The van der Waals surface area contributed by atoms with Gasteiger partial charge in [0, 0.05) is 31.8 Å². The first kappa shape index (κ1) is 25.1. The van der Waals surface area contributed by atoms with Gasteiger partial charge in [-0.25, -0.2) is 4.79 Å². The lowest BCUT2D eigenvalue weighted by Crippen LogP contribution is -2.47. The Morgan fingerprint density at radius 2 is 1.44 bits per heavy atom. The molecule has 1 heterocycles. The molecule has 0 unspecified atom stereocenters. The SMILES string of the molecule is O=C(O)/C=C/CNC(=O)CNC(=O)CNC1CCN(C(c2ccccc2)c2ccccc2)CC1. The molecule has 8 heteroatoms. The number of carbonyl (C=O) groups is 3. The van der Waals surface area contributed by atoms with Gasteiger partial charge in [-0.2, -0.15) is 0 Å². The molecule has 1 aliphatic heterocycles. The van der Waals surface area contributed by atoms with Crippen molar-refractivity contribution in [2.45, 2.75) is 24.9 Å². The molecule has 2 aromatic rings. The minimum atomic E-state index is -1.07. The van der Waals surface area contributed by atoms with E-state index in [1.165, 1.54) is 17.2 Å². The highest BCUT2D eigenvalue weighted by molar-refractivity contribution is 5.85. The van der Waals surface area contributed by atoms with Crippen molar-refractivity contribution < 1.29 is 19.5 Å². The number of hydrogen-bond donors (Lipinski definition) is 4. The number of piperidine rings is 1. The van der Waals surface area contributed by atoms with Gasteiger partial charge in [0.05, 0.1) is 19.1 Å². The molecule has 1 aliphatic rings. The summed E-state index contributed by atoms with van der Waals surface area (Å²) in [6.45, 7) is 1.94. The molecule has 0 aromatic heterocycles. The van der Waals surface area contributed by atoms with E-state index in [-0.39, 0.29) is 43.5 Å². The summed E-state index contributed by atoms with van der Waals surface area (Å²) in [5.74, 6) is -1.69. The van der Waals surface area contributed by atoms with Crippen molar-refractivity contribution in [3.8, 4) is 0 Å². The normalized spacial score (nSPS) is 14.9. The fourth-order valence-corrected chi connectivity index (χ4v) is 4.12. The van der Waals surface area contributed by atoms with Crippen LogP contribution < -0.4 is 16.0 Å². The molecule has 0 saturated carbocycles. The first-order valence-corrected chi connectivity index (χ1v) is 11.5. The highest BCUT2D eigenvalue weighted by Crippen LogP contribution is 2.30. The Balaban J connectivity index is 1.41. The third-order valence-electron chi connectivity index (χ3n) is 5.80. The Labute approximate surface area is 200 Å². The number of hydrogen-bond acceptors (Lipinski definition) is 5. The van der Waals surface area contributed by atoms with Crippen molar-refractivity contribution >= 4 is 17.8 Å². The van der Waals surface area contributed by atoms with Gasteiger partial charge in [0.2, 0.25) is 11.8 Å². The van der Waals surface area contributed by atoms with Crippen LogP contribution in [0.25, 0.3) is 0 Å². The Hall–Kier alpha value is -3.49. The monoisotopic (exact) mass is 464 g/mol. The smallest absolute Gasteiger partial charge is 0.328 e. The lowest BCUT2D eigenvalue weighted by atomic mass is 9.94. The topological polar surface area (TPSA) is 111 Å². The van der Waals surface area contributed by atoms with E-state index in [4.69, 9.17) is 5.11 Å². The van der Waals surface area contributed by atoms with Crippen LogP contribution in [0.2, 0.25) is 0 Å². The van der Waals surface area contributed by atoms with E-state index in [0.29, 0.717) is 0 Å². The summed E-state index contributed by atoms with van der Waals surface area (Å²) in [6.07, 6.45) is 4.14. The van der Waals surface area contributed by atoms with Crippen LogP contribution in [0.4, 0.5) is 0 Å². The van der Waals surface area contributed by atoms with Crippen LogP contribution in [-0.2, 0) is 14.4 Å². The van der Waals surface area contributed by atoms with Crippen LogP contribution in [0.3, 0.4) is 0 Å². The number of carboxylic acids is 1. The number of nitrogens with one attached hydrogen (secondary N) is 3. The van der Waals surface area contributed by atoms with Gasteiger partial charge in [-0.15, -0.1) is 0 Å². The predicted molar refractivity (Wildman–Crippen MR) is 130 cm³/mol. The Morgan fingerprint density at radius 3 is 2.00 bits per heavy atom. The summed E-state index contributed by atoms with van der Waals surface area (Å²) in [5.41, 5.74) is 2.55. The van der Waals surface area contributed by atoms with Crippen molar-refractivity contribution in [2.75, 3.05) is 32.7 Å². The van der Waals surface area contributed by atoms with Gasteiger partial charge >= 0.3 is 5.97 Å². The van der Waals surface area contributed by atoms with Gasteiger partial charge in [-0.3, -0.25) is 14.5 Å². The number of aliphatic carboxylic acids is 1. The van der Waals surface area contributed by atoms with Crippen LogP contribution in [-0.4, -0.2) is 66.6 Å². The zero-order valence-electron chi connectivity index (χ0n) is 19.2. The second-order valence-electron chi connectivity index (χ2n) is 8.24. The molecular formula is C26H32N4O4. The minimum Gasteiger partial charge on any atom is -0.478 e. The van der Waals surface area contributed by atoms with Crippen LogP contribution in [0.5, 0.6) is 0 Å². The lowest BCUT2D eigenvalue weighted by molar-refractivity contribution is -0.131. The van der Waals surface area contributed by atoms with Gasteiger partial charge in [0.15, 0.2) is 0 Å². The minimum absolute atomic E-state index is 0.102. The maximum Gasteiger partial charge on any atom is 0.328 e. The van der Waals surface area contributed by atoms with Gasteiger partial charge in [0.25, 0.3) is 0 Å². The number of carbonyl (C=O) groups excluding carboxylic acids is 2. The summed E-state index contributed by atoms with van der Waals surface area (Å²) in [4.78, 5) is 36.7. The molecule has 180 valence electrons. The number of nitrogens with zero attached hydrogens (tertiary/aromatic N) is 1. The average molecular weight is 465 g/mol. The van der Waals surface area contributed by atoms with Crippen molar-refractivity contribution in [3.63, 3.8) is 0 Å². The molecule has 0 aliphatic carbocycles. The predicted octanol–water partition coefficient (Wildman–Crippen LogP) is 1.70. The van der Waals surface area contributed by atoms with Crippen LogP contribution in [0.1, 0.15) is 30.0 Å². The van der Waals surface area contributed by atoms with E-state index < -0.39 is 5.97 Å². The van der Waals surface area contributed by atoms with Crippen molar-refractivity contribution in [3.05, 3.63) is 83.9 Å².